The van der Waals surface area contributed by atoms with Gasteiger partial charge >= 0.3 is 0 Å². The van der Waals surface area contributed by atoms with Crippen LogP contribution in [0.15, 0.2) is 0 Å². The summed E-state index contributed by atoms with van der Waals surface area (Å²) in [5.74, 6) is 0.962. The summed E-state index contributed by atoms with van der Waals surface area (Å²) in [6, 6.07) is 0.357. The molecular formula is C12H23NO2S. The van der Waals surface area contributed by atoms with Crippen molar-refractivity contribution in [3.05, 3.63) is 0 Å². The molecule has 3 nitrogen and oxygen atoms in total. The summed E-state index contributed by atoms with van der Waals surface area (Å²) in [4.78, 5) is 0. The van der Waals surface area contributed by atoms with Crippen LogP contribution in [0.2, 0.25) is 0 Å². The second kappa shape index (κ2) is 4.65. The Bertz CT molecular complexity index is 339. The number of hydrogen-bond donors (Lipinski definition) is 1. The molecule has 16 heavy (non-hydrogen) atoms. The molecule has 4 atom stereocenters. The minimum absolute atomic E-state index is 0.103. The molecule has 4 unspecified atom stereocenters. The van der Waals surface area contributed by atoms with Gasteiger partial charge in [-0.25, -0.2) is 8.42 Å². The Balaban J connectivity index is 2.10. The van der Waals surface area contributed by atoms with Gasteiger partial charge in [-0.2, -0.15) is 0 Å². The Kier molecular flexibility index (Phi) is 3.59. The maximum Gasteiger partial charge on any atom is 0.156 e. The Labute approximate surface area is 98.9 Å². The van der Waals surface area contributed by atoms with Crippen LogP contribution in [-0.2, 0) is 9.84 Å². The first-order valence-electron chi connectivity index (χ1n) is 6.50. The van der Waals surface area contributed by atoms with Crippen molar-refractivity contribution in [2.75, 3.05) is 5.75 Å². The molecule has 0 amide bonds. The van der Waals surface area contributed by atoms with Gasteiger partial charge in [-0.1, -0.05) is 19.8 Å². The van der Waals surface area contributed by atoms with Crippen LogP contribution in [0.1, 0.15) is 46.0 Å². The van der Waals surface area contributed by atoms with Crippen molar-refractivity contribution in [2.45, 2.75) is 63.3 Å². The summed E-state index contributed by atoms with van der Waals surface area (Å²) in [6.07, 6.45) is 5.49. The van der Waals surface area contributed by atoms with Crippen LogP contribution in [0.25, 0.3) is 0 Å². The van der Waals surface area contributed by atoms with Crippen molar-refractivity contribution >= 4 is 9.84 Å². The highest BCUT2D eigenvalue weighted by molar-refractivity contribution is 7.92. The lowest BCUT2D eigenvalue weighted by molar-refractivity contribution is 0.260. The van der Waals surface area contributed by atoms with Gasteiger partial charge in [-0.3, -0.25) is 0 Å². The Morgan fingerprint density at radius 2 is 2.06 bits per heavy atom. The second-order valence-corrected chi connectivity index (χ2v) is 7.77. The molecular weight excluding hydrogens is 222 g/mol. The molecule has 1 aliphatic carbocycles. The van der Waals surface area contributed by atoms with Crippen LogP contribution in [0.4, 0.5) is 0 Å². The van der Waals surface area contributed by atoms with Crippen LogP contribution in [0.3, 0.4) is 0 Å². The van der Waals surface area contributed by atoms with E-state index in [1.807, 2.05) is 6.92 Å². The molecule has 2 rings (SSSR count). The number of sulfone groups is 1. The van der Waals surface area contributed by atoms with Gasteiger partial charge in [0.25, 0.3) is 0 Å². The fourth-order valence-electron chi connectivity index (χ4n) is 3.36. The minimum atomic E-state index is -2.85. The highest BCUT2D eigenvalue weighted by Crippen LogP contribution is 2.34. The summed E-state index contributed by atoms with van der Waals surface area (Å²) in [5, 5.41) is 3.35. The van der Waals surface area contributed by atoms with Crippen LogP contribution >= 0.6 is 0 Å². The number of nitrogens with one attached hydrogen (secondary N) is 1. The Morgan fingerprint density at radius 3 is 2.75 bits per heavy atom. The molecule has 1 N–H and O–H groups in total. The van der Waals surface area contributed by atoms with Crippen LogP contribution in [0, 0.1) is 5.92 Å². The molecule has 1 saturated carbocycles. The van der Waals surface area contributed by atoms with E-state index in [0.717, 1.165) is 12.8 Å². The average molecular weight is 245 g/mol. The molecule has 0 radical (unpaired) electrons. The normalized spacial score (nSPS) is 42.6. The summed E-state index contributed by atoms with van der Waals surface area (Å²) < 4.78 is 24.3. The topological polar surface area (TPSA) is 46.2 Å². The number of hydrogen-bond acceptors (Lipinski definition) is 3. The van der Waals surface area contributed by atoms with Gasteiger partial charge in [0.05, 0.1) is 11.0 Å². The molecule has 4 heteroatoms. The second-order valence-electron chi connectivity index (χ2n) is 5.51. The van der Waals surface area contributed by atoms with E-state index in [0.29, 0.717) is 11.7 Å². The molecule has 0 aromatic heterocycles. The van der Waals surface area contributed by atoms with Crippen LogP contribution in [-0.4, -0.2) is 31.5 Å². The van der Waals surface area contributed by atoms with E-state index in [1.54, 1.807) is 0 Å². The first-order chi connectivity index (χ1) is 7.53. The lowest BCUT2D eigenvalue weighted by Crippen LogP contribution is -2.58. The molecule has 1 heterocycles. The number of fused-ring (bicyclic) bond motifs is 1. The molecule has 94 valence electrons. The first kappa shape index (κ1) is 12.4. The lowest BCUT2D eigenvalue weighted by atomic mass is 9.83. The van der Waals surface area contributed by atoms with Gasteiger partial charge in [0.1, 0.15) is 0 Å². The molecule has 0 bridgehead atoms. The van der Waals surface area contributed by atoms with E-state index in [-0.39, 0.29) is 17.3 Å². The first-order valence-corrected chi connectivity index (χ1v) is 8.22. The highest BCUT2D eigenvalue weighted by Gasteiger charge is 2.42. The molecule has 1 aliphatic heterocycles. The Hall–Kier alpha value is -0.0900. The molecule has 0 aromatic rings. The van der Waals surface area contributed by atoms with Crippen molar-refractivity contribution < 1.29 is 8.42 Å². The van der Waals surface area contributed by atoms with Gasteiger partial charge in [0, 0.05) is 12.1 Å². The zero-order chi connectivity index (χ0) is 11.8. The number of rotatable bonds is 2. The van der Waals surface area contributed by atoms with Gasteiger partial charge in [-0.15, -0.1) is 0 Å². The van der Waals surface area contributed by atoms with E-state index < -0.39 is 9.84 Å². The highest BCUT2D eigenvalue weighted by atomic mass is 32.2. The maximum atomic E-state index is 12.1. The Morgan fingerprint density at radius 1 is 1.31 bits per heavy atom. The largest absolute Gasteiger partial charge is 0.309 e. The third kappa shape index (κ3) is 2.43. The average Bonchev–Trinajstić information content (AvgIpc) is 2.18. The summed E-state index contributed by atoms with van der Waals surface area (Å²) in [6.45, 7) is 4.16. The van der Waals surface area contributed by atoms with Gasteiger partial charge in [0.2, 0.25) is 0 Å². The zero-order valence-electron chi connectivity index (χ0n) is 10.3. The van der Waals surface area contributed by atoms with Crippen molar-refractivity contribution in [3.63, 3.8) is 0 Å². The third-order valence-corrected chi connectivity index (χ3v) is 6.45. The minimum Gasteiger partial charge on any atom is -0.309 e. The zero-order valence-corrected chi connectivity index (χ0v) is 11.1. The predicted molar refractivity (Wildman–Crippen MR) is 66.2 cm³/mol. The SMILES string of the molecule is CCCC1CCC2NC(C)CS(=O)(=O)C2C1. The summed E-state index contributed by atoms with van der Waals surface area (Å²) in [5.41, 5.74) is 0. The molecule has 2 aliphatic rings. The standard InChI is InChI=1S/C12H23NO2S/c1-3-4-10-5-6-11-12(7-10)16(14,15)8-9(2)13-11/h9-13H,3-8H2,1-2H3. The van der Waals surface area contributed by atoms with Crippen molar-refractivity contribution in [2.24, 2.45) is 5.92 Å². The maximum absolute atomic E-state index is 12.1. The van der Waals surface area contributed by atoms with Gasteiger partial charge < -0.3 is 5.32 Å². The van der Waals surface area contributed by atoms with E-state index >= 15 is 0 Å². The smallest absolute Gasteiger partial charge is 0.156 e. The van der Waals surface area contributed by atoms with Crippen LogP contribution < -0.4 is 5.32 Å². The molecule has 2 fully saturated rings. The fourth-order valence-corrected chi connectivity index (χ4v) is 5.68. The van der Waals surface area contributed by atoms with E-state index in [2.05, 4.69) is 12.2 Å². The summed E-state index contributed by atoms with van der Waals surface area (Å²) in [7, 11) is -2.85. The van der Waals surface area contributed by atoms with Crippen molar-refractivity contribution in [1.29, 1.82) is 0 Å². The third-order valence-electron chi connectivity index (χ3n) is 4.04. The van der Waals surface area contributed by atoms with Gasteiger partial charge in [0.15, 0.2) is 9.84 Å². The summed E-state index contributed by atoms with van der Waals surface area (Å²) >= 11 is 0. The predicted octanol–water partition coefficient (Wildman–Crippen LogP) is 1.73. The fraction of sp³-hybridized carbons (Fsp3) is 1.00. The lowest BCUT2D eigenvalue weighted by Gasteiger charge is -2.41. The van der Waals surface area contributed by atoms with Crippen molar-refractivity contribution in [3.8, 4) is 0 Å². The van der Waals surface area contributed by atoms with Crippen LogP contribution in [0.5, 0.6) is 0 Å². The molecule has 1 saturated heterocycles. The van der Waals surface area contributed by atoms with Crippen molar-refractivity contribution in [1.82, 2.24) is 5.32 Å². The van der Waals surface area contributed by atoms with E-state index in [9.17, 15) is 8.42 Å². The molecule has 0 aromatic carbocycles. The van der Waals surface area contributed by atoms with E-state index in [4.69, 9.17) is 0 Å². The monoisotopic (exact) mass is 245 g/mol. The molecule has 0 spiro atoms. The van der Waals surface area contributed by atoms with E-state index in [1.165, 1.54) is 19.3 Å². The quantitative estimate of drug-likeness (QED) is 0.806. The van der Waals surface area contributed by atoms with Gasteiger partial charge in [-0.05, 0) is 32.1 Å².